The summed E-state index contributed by atoms with van der Waals surface area (Å²) in [5, 5.41) is 3.66. The molecule has 2 nitrogen and oxygen atoms in total. The van der Waals surface area contributed by atoms with Gasteiger partial charge in [-0.25, -0.2) is 0 Å². The van der Waals surface area contributed by atoms with Crippen LogP contribution in [0.4, 0.5) is 0 Å². The Hall–Kier alpha value is -0.550. The van der Waals surface area contributed by atoms with Crippen molar-refractivity contribution in [2.75, 3.05) is 7.11 Å². The second-order valence-electron chi connectivity index (χ2n) is 5.21. The number of hydrogen-bond acceptors (Lipinski definition) is 2. The van der Waals surface area contributed by atoms with Crippen LogP contribution in [0.25, 0.3) is 0 Å². The molecule has 0 amide bonds. The summed E-state index contributed by atoms with van der Waals surface area (Å²) >= 11 is 7.10. The maximum absolute atomic E-state index is 5.52. The lowest BCUT2D eigenvalue weighted by atomic mass is 10.0. The molecule has 23 heavy (non-hydrogen) atoms. The van der Waals surface area contributed by atoms with Gasteiger partial charge in [0.1, 0.15) is 5.75 Å². The second-order valence-corrected chi connectivity index (χ2v) is 6.98. The fraction of sp³-hybridized carbons (Fsp3) is 0.333. The summed E-state index contributed by atoms with van der Waals surface area (Å²) in [5.41, 5.74) is 2.47. The van der Waals surface area contributed by atoms with E-state index in [0.717, 1.165) is 39.6 Å². The van der Waals surface area contributed by atoms with E-state index < -0.39 is 0 Å². The largest absolute Gasteiger partial charge is 0.495 e. The predicted molar refractivity (Wildman–Crippen MR) is 107 cm³/mol. The van der Waals surface area contributed by atoms with Crippen molar-refractivity contribution >= 4 is 44.3 Å². The van der Waals surface area contributed by atoms with Crippen LogP contribution in [0.15, 0.2) is 51.4 Å². The predicted octanol–water partition coefficient (Wildman–Crippen LogP) is 6.27. The Bertz CT molecular complexity index is 607. The Morgan fingerprint density at radius 3 is 2.43 bits per heavy atom. The minimum absolute atomic E-state index is 0. The normalized spacial score (nSPS) is 11.7. The molecule has 1 atom stereocenters. The van der Waals surface area contributed by atoms with Crippen LogP contribution in [-0.4, -0.2) is 7.11 Å². The molecule has 0 aliphatic rings. The van der Waals surface area contributed by atoms with Crippen molar-refractivity contribution in [1.82, 2.24) is 5.32 Å². The zero-order chi connectivity index (χ0) is 15.9. The minimum atomic E-state index is 0. The third-order valence-corrected chi connectivity index (χ3v) is 4.65. The highest BCUT2D eigenvalue weighted by Gasteiger charge is 2.13. The standard InChI is InChI=1S/C18H21Br2NO.ClH/c1-3-7-17(13-8-5-4-6-9-13)21-12-14-10-15(19)11-16(20)18(14)22-2;/h4-6,8-11,17,21H,3,7,12H2,1-2H3;1H. The lowest BCUT2D eigenvalue weighted by molar-refractivity contribution is 0.401. The van der Waals surface area contributed by atoms with E-state index in [2.05, 4.69) is 80.5 Å². The molecule has 2 rings (SSSR count). The molecule has 0 aliphatic carbocycles. The third kappa shape index (κ3) is 5.79. The van der Waals surface area contributed by atoms with Crippen LogP contribution in [0.2, 0.25) is 0 Å². The van der Waals surface area contributed by atoms with E-state index in [0.29, 0.717) is 6.04 Å². The van der Waals surface area contributed by atoms with Gasteiger partial charge >= 0.3 is 0 Å². The summed E-state index contributed by atoms with van der Waals surface area (Å²) in [7, 11) is 1.71. The Morgan fingerprint density at radius 2 is 1.83 bits per heavy atom. The Morgan fingerprint density at radius 1 is 1.13 bits per heavy atom. The number of halogens is 3. The molecule has 126 valence electrons. The highest BCUT2D eigenvalue weighted by Crippen LogP contribution is 2.33. The Labute approximate surface area is 161 Å². The molecule has 2 aromatic rings. The molecule has 0 radical (unpaired) electrons. The SMILES string of the molecule is CCCC(NCc1cc(Br)cc(Br)c1OC)c1ccccc1.Cl. The Balaban J connectivity index is 0.00000264. The average molecular weight is 464 g/mol. The van der Waals surface area contributed by atoms with Gasteiger partial charge in [-0.15, -0.1) is 12.4 Å². The topological polar surface area (TPSA) is 21.3 Å². The maximum atomic E-state index is 5.52. The van der Waals surface area contributed by atoms with Crippen molar-refractivity contribution in [1.29, 1.82) is 0 Å². The Kier molecular flexibility index (Phi) is 9.22. The van der Waals surface area contributed by atoms with Crippen LogP contribution in [-0.2, 0) is 6.54 Å². The highest BCUT2D eigenvalue weighted by molar-refractivity contribution is 9.11. The summed E-state index contributed by atoms with van der Waals surface area (Å²) in [5.74, 6) is 0.888. The highest BCUT2D eigenvalue weighted by atomic mass is 79.9. The fourth-order valence-corrected chi connectivity index (χ4v) is 4.04. The molecular formula is C18H22Br2ClNO. The quantitative estimate of drug-likeness (QED) is 0.522. The van der Waals surface area contributed by atoms with Crippen LogP contribution in [0.3, 0.4) is 0 Å². The lowest BCUT2D eigenvalue weighted by Gasteiger charge is -2.20. The van der Waals surface area contributed by atoms with Gasteiger partial charge in [-0.05, 0) is 40.0 Å². The molecule has 0 aliphatic heterocycles. The average Bonchev–Trinajstić information content (AvgIpc) is 2.52. The maximum Gasteiger partial charge on any atom is 0.137 e. The van der Waals surface area contributed by atoms with Gasteiger partial charge < -0.3 is 10.1 Å². The van der Waals surface area contributed by atoms with E-state index in [1.54, 1.807) is 7.11 Å². The monoisotopic (exact) mass is 461 g/mol. The van der Waals surface area contributed by atoms with Gasteiger partial charge in [-0.1, -0.05) is 59.6 Å². The first kappa shape index (κ1) is 20.5. The van der Waals surface area contributed by atoms with Crippen molar-refractivity contribution in [3.63, 3.8) is 0 Å². The molecule has 1 unspecified atom stereocenters. The van der Waals surface area contributed by atoms with Gasteiger partial charge in [0.05, 0.1) is 11.6 Å². The summed E-state index contributed by atoms with van der Waals surface area (Å²) in [4.78, 5) is 0. The summed E-state index contributed by atoms with van der Waals surface area (Å²) < 4.78 is 7.53. The minimum Gasteiger partial charge on any atom is -0.495 e. The zero-order valence-electron chi connectivity index (χ0n) is 13.3. The lowest BCUT2D eigenvalue weighted by Crippen LogP contribution is -2.21. The number of hydrogen-bond donors (Lipinski definition) is 1. The van der Waals surface area contributed by atoms with Crippen LogP contribution in [0.1, 0.15) is 36.9 Å². The van der Waals surface area contributed by atoms with Gasteiger partial charge in [0.15, 0.2) is 0 Å². The molecule has 0 saturated carbocycles. The molecule has 0 bridgehead atoms. The van der Waals surface area contributed by atoms with E-state index >= 15 is 0 Å². The van der Waals surface area contributed by atoms with Crippen LogP contribution in [0, 0.1) is 0 Å². The first-order chi connectivity index (χ1) is 10.7. The van der Waals surface area contributed by atoms with Gasteiger partial charge in [0, 0.05) is 22.6 Å². The van der Waals surface area contributed by atoms with Crippen LogP contribution < -0.4 is 10.1 Å². The zero-order valence-corrected chi connectivity index (χ0v) is 17.3. The number of methoxy groups -OCH3 is 1. The summed E-state index contributed by atoms with van der Waals surface area (Å²) in [6.07, 6.45) is 2.26. The molecule has 2 aromatic carbocycles. The molecule has 5 heteroatoms. The molecule has 0 saturated heterocycles. The molecule has 0 fully saturated rings. The van der Waals surface area contributed by atoms with E-state index in [9.17, 15) is 0 Å². The third-order valence-electron chi connectivity index (χ3n) is 3.61. The van der Waals surface area contributed by atoms with Gasteiger partial charge in [0.2, 0.25) is 0 Å². The smallest absolute Gasteiger partial charge is 0.137 e. The molecule has 0 aromatic heterocycles. The molecule has 0 heterocycles. The van der Waals surface area contributed by atoms with Crippen molar-refractivity contribution < 1.29 is 4.74 Å². The van der Waals surface area contributed by atoms with E-state index in [4.69, 9.17) is 4.74 Å². The summed E-state index contributed by atoms with van der Waals surface area (Å²) in [6.45, 7) is 2.98. The van der Waals surface area contributed by atoms with Crippen molar-refractivity contribution in [2.45, 2.75) is 32.4 Å². The van der Waals surface area contributed by atoms with Gasteiger partial charge in [-0.2, -0.15) is 0 Å². The first-order valence-corrected chi connectivity index (χ1v) is 9.04. The van der Waals surface area contributed by atoms with E-state index in [1.165, 1.54) is 5.56 Å². The van der Waals surface area contributed by atoms with Gasteiger partial charge in [0.25, 0.3) is 0 Å². The van der Waals surface area contributed by atoms with Crippen LogP contribution in [0.5, 0.6) is 5.75 Å². The fourth-order valence-electron chi connectivity index (χ4n) is 2.57. The second kappa shape index (κ2) is 10.3. The van der Waals surface area contributed by atoms with Gasteiger partial charge in [-0.3, -0.25) is 0 Å². The number of ether oxygens (including phenoxy) is 1. The van der Waals surface area contributed by atoms with E-state index in [1.807, 2.05) is 6.07 Å². The number of rotatable bonds is 7. The van der Waals surface area contributed by atoms with Crippen LogP contribution >= 0.6 is 44.3 Å². The number of benzene rings is 2. The molecular weight excluding hydrogens is 441 g/mol. The molecule has 1 N–H and O–H groups in total. The number of nitrogens with one attached hydrogen (secondary N) is 1. The molecule has 0 spiro atoms. The van der Waals surface area contributed by atoms with Crippen molar-refractivity contribution in [3.05, 3.63) is 62.5 Å². The van der Waals surface area contributed by atoms with E-state index in [-0.39, 0.29) is 12.4 Å². The first-order valence-electron chi connectivity index (χ1n) is 7.46. The van der Waals surface area contributed by atoms with Crippen molar-refractivity contribution in [3.8, 4) is 5.75 Å². The summed E-state index contributed by atoms with van der Waals surface area (Å²) in [6, 6.07) is 15.1. The van der Waals surface area contributed by atoms with Crippen molar-refractivity contribution in [2.24, 2.45) is 0 Å².